The first-order valence-electron chi connectivity index (χ1n) is 6.32. The van der Waals surface area contributed by atoms with Crippen molar-refractivity contribution >= 4 is 5.69 Å². The SMILES string of the molecule is c1ccc(CCc2cccc3c2NCC3)cc1. The molecule has 0 spiro atoms. The number of hydrogen-bond donors (Lipinski definition) is 1. The Morgan fingerprint density at radius 1 is 0.882 bits per heavy atom. The van der Waals surface area contributed by atoms with Crippen LogP contribution in [0.25, 0.3) is 0 Å². The first kappa shape index (κ1) is 10.4. The second-order valence-electron chi connectivity index (χ2n) is 4.61. The molecular formula is C16H17N. The van der Waals surface area contributed by atoms with Crippen molar-refractivity contribution in [1.82, 2.24) is 0 Å². The van der Waals surface area contributed by atoms with Gasteiger partial charge in [0.15, 0.2) is 0 Å². The Kier molecular flexibility index (Phi) is 2.83. The fourth-order valence-corrected chi connectivity index (χ4v) is 2.54. The second-order valence-corrected chi connectivity index (χ2v) is 4.61. The molecule has 0 atom stereocenters. The Bertz CT molecular complexity index is 502. The van der Waals surface area contributed by atoms with Gasteiger partial charge in [0.1, 0.15) is 0 Å². The van der Waals surface area contributed by atoms with E-state index >= 15 is 0 Å². The van der Waals surface area contributed by atoms with Gasteiger partial charge in [-0.15, -0.1) is 0 Å². The molecule has 86 valence electrons. The molecule has 1 nitrogen and oxygen atoms in total. The van der Waals surface area contributed by atoms with E-state index in [1.807, 2.05) is 0 Å². The molecule has 3 rings (SSSR count). The number of fused-ring (bicyclic) bond motifs is 1. The predicted octanol–water partition coefficient (Wildman–Crippen LogP) is 3.44. The number of rotatable bonds is 3. The van der Waals surface area contributed by atoms with Crippen molar-refractivity contribution in [3.63, 3.8) is 0 Å². The van der Waals surface area contributed by atoms with Crippen molar-refractivity contribution in [3.05, 3.63) is 65.2 Å². The van der Waals surface area contributed by atoms with E-state index in [4.69, 9.17) is 0 Å². The summed E-state index contributed by atoms with van der Waals surface area (Å²) >= 11 is 0. The van der Waals surface area contributed by atoms with E-state index in [-0.39, 0.29) is 0 Å². The van der Waals surface area contributed by atoms with Crippen molar-refractivity contribution in [3.8, 4) is 0 Å². The highest BCUT2D eigenvalue weighted by Gasteiger charge is 2.12. The topological polar surface area (TPSA) is 12.0 Å². The van der Waals surface area contributed by atoms with Crippen LogP contribution >= 0.6 is 0 Å². The molecule has 0 saturated heterocycles. The lowest BCUT2D eigenvalue weighted by molar-refractivity contribution is 0.961. The van der Waals surface area contributed by atoms with Gasteiger partial charge in [0, 0.05) is 12.2 Å². The van der Waals surface area contributed by atoms with Gasteiger partial charge in [0.25, 0.3) is 0 Å². The van der Waals surface area contributed by atoms with Gasteiger partial charge in [-0.3, -0.25) is 0 Å². The molecular weight excluding hydrogens is 206 g/mol. The van der Waals surface area contributed by atoms with Gasteiger partial charge in [-0.05, 0) is 36.0 Å². The van der Waals surface area contributed by atoms with Crippen LogP contribution in [0.5, 0.6) is 0 Å². The third kappa shape index (κ3) is 2.19. The normalized spacial score (nSPS) is 13.2. The highest BCUT2D eigenvalue weighted by atomic mass is 14.9. The maximum absolute atomic E-state index is 3.50. The zero-order valence-electron chi connectivity index (χ0n) is 9.95. The molecule has 0 aliphatic carbocycles. The highest BCUT2D eigenvalue weighted by Crippen LogP contribution is 2.27. The minimum absolute atomic E-state index is 1.09. The number of benzene rings is 2. The molecule has 1 N–H and O–H groups in total. The lowest BCUT2D eigenvalue weighted by Crippen LogP contribution is -1.98. The lowest BCUT2D eigenvalue weighted by atomic mass is 10.0. The van der Waals surface area contributed by atoms with E-state index in [0.29, 0.717) is 0 Å². The van der Waals surface area contributed by atoms with E-state index < -0.39 is 0 Å². The number of aryl methyl sites for hydroxylation is 2. The largest absolute Gasteiger partial charge is 0.384 e. The standard InChI is InChI=1S/C16H17N/c1-2-5-13(6-3-1)9-10-14-7-4-8-15-11-12-17-16(14)15/h1-8,17H,9-12H2. The van der Waals surface area contributed by atoms with Crippen LogP contribution in [0.1, 0.15) is 16.7 Å². The first-order chi connectivity index (χ1) is 8.43. The van der Waals surface area contributed by atoms with Gasteiger partial charge in [0.05, 0.1) is 0 Å². The molecule has 0 unspecified atom stereocenters. The molecule has 0 amide bonds. The van der Waals surface area contributed by atoms with Crippen LogP contribution in [0.2, 0.25) is 0 Å². The van der Waals surface area contributed by atoms with E-state index in [9.17, 15) is 0 Å². The summed E-state index contributed by atoms with van der Waals surface area (Å²) in [5, 5.41) is 3.50. The van der Waals surface area contributed by atoms with Crippen molar-refractivity contribution in [1.29, 1.82) is 0 Å². The molecule has 1 heteroatoms. The Balaban J connectivity index is 1.76. The molecule has 0 aromatic heterocycles. The summed E-state index contributed by atoms with van der Waals surface area (Å²) in [7, 11) is 0. The summed E-state index contributed by atoms with van der Waals surface area (Å²) < 4.78 is 0. The maximum atomic E-state index is 3.50. The molecule has 1 aliphatic rings. The fraction of sp³-hybridized carbons (Fsp3) is 0.250. The van der Waals surface area contributed by atoms with Crippen LogP contribution in [0.4, 0.5) is 5.69 Å². The van der Waals surface area contributed by atoms with Gasteiger partial charge in [-0.1, -0.05) is 48.5 Å². The quantitative estimate of drug-likeness (QED) is 0.840. The number of hydrogen-bond acceptors (Lipinski definition) is 1. The number of para-hydroxylation sites is 1. The zero-order chi connectivity index (χ0) is 11.5. The minimum atomic E-state index is 1.09. The molecule has 0 saturated carbocycles. The first-order valence-corrected chi connectivity index (χ1v) is 6.32. The summed E-state index contributed by atoms with van der Waals surface area (Å²) in [6.07, 6.45) is 3.42. The van der Waals surface area contributed by atoms with Gasteiger partial charge >= 0.3 is 0 Å². The van der Waals surface area contributed by atoms with Crippen LogP contribution in [0, 0.1) is 0 Å². The summed E-state index contributed by atoms with van der Waals surface area (Å²) in [5.41, 5.74) is 5.76. The Morgan fingerprint density at radius 3 is 2.65 bits per heavy atom. The van der Waals surface area contributed by atoms with Crippen molar-refractivity contribution < 1.29 is 0 Å². The van der Waals surface area contributed by atoms with E-state index in [0.717, 1.165) is 19.4 Å². The third-order valence-corrected chi connectivity index (χ3v) is 3.46. The van der Waals surface area contributed by atoms with Gasteiger partial charge in [0.2, 0.25) is 0 Å². The van der Waals surface area contributed by atoms with Crippen LogP contribution in [-0.4, -0.2) is 6.54 Å². The average Bonchev–Trinajstić information content (AvgIpc) is 2.86. The van der Waals surface area contributed by atoms with E-state index in [1.165, 1.54) is 28.8 Å². The summed E-state index contributed by atoms with van der Waals surface area (Å²) in [5.74, 6) is 0. The molecule has 2 aromatic carbocycles. The molecule has 1 aliphatic heterocycles. The molecule has 2 aromatic rings. The van der Waals surface area contributed by atoms with Crippen LogP contribution in [-0.2, 0) is 19.3 Å². The maximum Gasteiger partial charge on any atom is 0.0406 e. The van der Waals surface area contributed by atoms with Gasteiger partial charge < -0.3 is 5.32 Å². The second kappa shape index (κ2) is 4.62. The molecule has 1 heterocycles. The molecule has 0 fully saturated rings. The monoisotopic (exact) mass is 223 g/mol. The lowest BCUT2D eigenvalue weighted by Gasteiger charge is -2.08. The molecule has 0 radical (unpaired) electrons. The van der Waals surface area contributed by atoms with Gasteiger partial charge in [-0.2, -0.15) is 0 Å². The Labute approximate surface area is 102 Å². The number of nitrogens with one attached hydrogen (secondary N) is 1. The van der Waals surface area contributed by atoms with Crippen molar-refractivity contribution in [2.45, 2.75) is 19.3 Å². The summed E-state index contributed by atoms with van der Waals surface area (Å²) in [6, 6.07) is 17.4. The smallest absolute Gasteiger partial charge is 0.0406 e. The average molecular weight is 223 g/mol. The Morgan fingerprint density at radius 2 is 1.76 bits per heavy atom. The van der Waals surface area contributed by atoms with Crippen molar-refractivity contribution in [2.24, 2.45) is 0 Å². The molecule has 17 heavy (non-hydrogen) atoms. The minimum Gasteiger partial charge on any atom is -0.384 e. The Hall–Kier alpha value is -1.76. The van der Waals surface area contributed by atoms with Crippen LogP contribution in [0.3, 0.4) is 0 Å². The van der Waals surface area contributed by atoms with Crippen LogP contribution < -0.4 is 5.32 Å². The van der Waals surface area contributed by atoms with Crippen molar-refractivity contribution in [2.75, 3.05) is 11.9 Å². The zero-order valence-corrected chi connectivity index (χ0v) is 9.95. The van der Waals surface area contributed by atoms with Crippen LogP contribution in [0.15, 0.2) is 48.5 Å². The highest BCUT2D eigenvalue weighted by molar-refractivity contribution is 5.61. The predicted molar refractivity (Wildman–Crippen MR) is 72.5 cm³/mol. The van der Waals surface area contributed by atoms with E-state index in [1.54, 1.807) is 0 Å². The van der Waals surface area contributed by atoms with E-state index in [2.05, 4.69) is 53.8 Å². The third-order valence-electron chi connectivity index (χ3n) is 3.46. The summed E-state index contributed by atoms with van der Waals surface area (Å²) in [4.78, 5) is 0. The fourth-order valence-electron chi connectivity index (χ4n) is 2.54. The summed E-state index contributed by atoms with van der Waals surface area (Å²) in [6.45, 7) is 1.09. The van der Waals surface area contributed by atoms with Gasteiger partial charge in [-0.25, -0.2) is 0 Å². The number of anilines is 1. The molecule has 0 bridgehead atoms.